The van der Waals surface area contributed by atoms with Crippen LogP contribution in [0.5, 0.6) is 34.5 Å². The molecule has 100 valence electrons. The molecule has 5 heteroatoms. The van der Waals surface area contributed by atoms with Crippen molar-refractivity contribution in [1.82, 2.24) is 0 Å². The molecule has 0 unspecified atom stereocenters. The zero-order chi connectivity index (χ0) is 13.8. The SMILES string of the molecule is COc1cc(Oc2ccc(O)cc2)cc(OC)c1O. The number of aromatic hydroxyl groups is 2. The van der Waals surface area contributed by atoms with Gasteiger partial charge in [0.2, 0.25) is 5.75 Å². The second-order valence-corrected chi connectivity index (χ2v) is 3.77. The predicted octanol–water partition coefficient (Wildman–Crippen LogP) is 2.91. The van der Waals surface area contributed by atoms with E-state index < -0.39 is 0 Å². The van der Waals surface area contributed by atoms with Crippen molar-refractivity contribution in [2.75, 3.05) is 14.2 Å². The number of hydrogen-bond donors (Lipinski definition) is 2. The number of hydrogen-bond acceptors (Lipinski definition) is 5. The topological polar surface area (TPSA) is 68.2 Å². The standard InChI is InChI=1S/C14H14O5/c1-17-12-7-11(8-13(18-2)14(12)16)19-10-5-3-9(15)4-6-10/h3-8,15-16H,1-2H3. The molecular formula is C14H14O5. The van der Waals surface area contributed by atoms with Crippen LogP contribution in [-0.2, 0) is 0 Å². The highest BCUT2D eigenvalue weighted by molar-refractivity contribution is 5.55. The molecule has 0 aromatic heterocycles. The van der Waals surface area contributed by atoms with E-state index in [9.17, 15) is 10.2 Å². The Morgan fingerprint density at radius 1 is 0.789 bits per heavy atom. The lowest BCUT2D eigenvalue weighted by atomic mass is 10.2. The van der Waals surface area contributed by atoms with Crippen LogP contribution in [0.15, 0.2) is 36.4 Å². The van der Waals surface area contributed by atoms with Crippen LogP contribution in [-0.4, -0.2) is 24.4 Å². The van der Waals surface area contributed by atoms with E-state index in [1.54, 1.807) is 24.3 Å². The molecule has 0 amide bonds. The van der Waals surface area contributed by atoms with Crippen molar-refractivity contribution in [2.45, 2.75) is 0 Å². The normalized spacial score (nSPS) is 10.0. The van der Waals surface area contributed by atoms with Gasteiger partial charge in [-0.15, -0.1) is 0 Å². The molecule has 0 bridgehead atoms. The van der Waals surface area contributed by atoms with Gasteiger partial charge < -0.3 is 24.4 Å². The van der Waals surface area contributed by atoms with Crippen LogP contribution in [0.3, 0.4) is 0 Å². The van der Waals surface area contributed by atoms with E-state index in [2.05, 4.69) is 0 Å². The Hall–Kier alpha value is -2.56. The zero-order valence-electron chi connectivity index (χ0n) is 10.6. The molecule has 0 saturated carbocycles. The molecule has 0 aliphatic carbocycles. The monoisotopic (exact) mass is 262 g/mol. The highest BCUT2D eigenvalue weighted by Gasteiger charge is 2.12. The van der Waals surface area contributed by atoms with Crippen molar-refractivity contribution < 1.29 is 24.4 Å². The molecule has 0 fully saturated rings. The molecule has 2 N–H and O–H groups in total. The van der Waals surface area contributed by atoms with Crippen LogP contribution >= 0.6 is 0 Å². The van der Waals surface area contributed by atoms with Crippen LogP contribution in [0, 0.1) is 0 Å². The number of methoxy groups -OCH3 is 2. The first-order valence-electron chi connectivity index (χ1n) is 5.56. The first-order valence-corrected chi connectivity index (χ1v) is 5.56. The fourth-order valence-corrected chi connectivity index (χ4v) is 1.58. The van der Waals surface area contributed by atoms with Gasteiger partial charge in [-0.25, -0.2) is 0 Å². The summed E-state index contributed by atoms with van der Waals surface area (Å²) in [6.45, 7) is 0. The minimum Gasteiger partial charge on any atom is -0.508 e. The molecule has 19 heavy (non-hydrogen) atoms. The number of benzene rings is 2. The maximum Gasteiger partial charge on any atom is 0.201 e. The maximum atomic E-state index is 9.78. The van der Waals surface area contributed by atoms with Crippen LogP contribution < -0.4 is 14.2 Å². The van der Waals surface area contributed by atoms with Crippen LogP contribution in [0.2, 0.25) is 0 Å². The third-order valence-corrected chi connectivity index (χ3v) is 2.53. The van der Waals surface area contributed by atoms with E-state index in [0.29, 0.717) is 11.5 Å². The third kappa shape index (κ3) is 2.82. The third-order valence-electron chi connectivity index (χ3n) is 2.53. The lowest BCUT2D eigenvalue weighted by molar-refractivity contribution is 0.335. The molecule has 0 atom stereocenters. The molecule has 0 aliphatic rings. The van der Waals surface area contributed by atoms with Gasteiger partial charge in [0.25, 0.3) is 0 Å². The van der Waals surface area contributed by atoms with Crippen molar-refractivity contribution in [3.63, 3.8) is 0 Å². The molecule has 2 aromatic carbocycles. The summed E-state index contributed by atoms with van der Waals surface area (Å²) in [7, 11) is 2.89. The summed E-state index contributed by atoms with van der Waals surface area (Å²) in [6.07, 6.45) is 0. The van der Waals surface area contributed by atoms with Gasteiger partial charge in [-0.05, 0) is 24.3 Å². The Morgan fingerprint density at radius 3 is 1.79 bits per heavy atom. The van der Waals surface area contributed by atoms with Crippen LogP contribution in [0.4, 0.5) is 0 Å². The average Bonchev–Trinajstić information content (AvgIpc) is 2.43. The van der Waals surface area contributed by atoms with Gasteiger partial charge in [-0.3, -0.25) is 0 Å². The van der Waals surface area contributed by atoms with Gasteiger partial charge in [0.15, 0.2) is 11.5 Å². The Labute approximate surface area is 110 Å². The molecule has 0 spiro atoms. The molecule has 2 aromatic rings. The van der Waals surface area contributed by atoms with Crippen molar-refractivity contribution in [2.24, 2.45) is 0 Å². The fraction of sp³-hybridized carbons (Fsp3) is 0.143. The van der Waals surface area contributed by atoms with Gasteiger partial charge in [0.05, 0.1) is 14.2 Å². The second kappa shape index (κ2) is 5.39. The Bertz CT molecular complexity index is 538. The summed E-state index contributed by atoms with van der Waals surface area (Å²) in [4.78, 5) is 0. The minimum absolute atomic E-state index is 0.0805. The molecule has 0 heterocycles. The smallest absolute Gasteiger partial charge is 0.201 e. The summed E-state index contributed by atoms with van der Waals surface area (Å²) in [6, 6.07) is 9.38. The lowest BCUT2D eigenvalue weighted by Crippen LogP contribution is -1.91. The van der Waals surface area contributed by atoms with Crippen molar-refractivity contribution in [1.29, 1.82) is 0 Å². The summed E-state index contributed by atoms with van der Waals surface area (Å²) in [5.41, 5.74) is 0. The Morgan fingerprint density at radius 2 is 1.32 bits per heavy atom. The Kier molecular flexibility index (Phi) is 3.66. The highest BCUT2D eigenvalue weighted by Crippen LogP contribution is 2.41. The van der Waals surface area contributed by atoms with E-state index in [1.807, 2.05) is 0 Å². The molecule has 0 aliphatic heterocycles. The van der Waals surface area contributed by atoms with E-state index in [0.717, 1.165) is 0 Å². The Balaban J connectivity index is 2.32. The summed E-state index contributed by atoms with van der Waals surface area (Å²) in [5.74, 6) is 1.60. The molecule has 5 nitrogen and oxygen atoms in total. The lowest BCUT2D eigenvalue weighted by Gasteiger charge is -2.12. The summed E-state index contributed by atoms with van der Waals surface area (Å²) < 4.78 is 15.7. The van der Waals surface area contributed by atoms with E-state index in [-0.39, 0.29) is 23.0 Å². The number of rotatable bonds is 4. The van der Waals surface area contributed by atoms with Crippen LogP contribution in [0.25, 0.3) is 0 Å². The quantitative estimate of drug-likeness (QED) is 0.886. The van der Waals surface area contributed by atoms with Crippen molar-refractivity contribution in [3.05, 3.63) is 36.4 Å². The van der Waals surface area contributed by atoms with E-state index in [4.69, 9.17) is 14.2 Å². The van der Waals surface area contributed by atoms with Crippen molar-refractivity contribution in [3.8, 4) is 34.5 Å². The number of phenols is 2. The number of phenolic OH excluding ortho intramolecular Hbond substituents is 2. The van der Waals surface area contributed by atoms with Crippen molar-refractivity contribution >= 4 is 0 Å². The predicted molar refractivity (Wildman–Crippen MR) is 69.4 cm³/mol. The molecule has 2 rings (SSSR count). The van der Waals surface area contributed by atoms with E-state index in [1.165, 1.54) is 26.4 Å². The first-order chi connectivity index (χ1) is 9.13. The van der Waals surface area contributed by atoms with E-state index >= 15 is 0 Å². The maximum absolute atomic E-state index is 9.78. The molecular weight excluding hydrogens is 248 g/mol. The highest BCUT2D eigenvalue weighted by atomic mass is 16.5. The zero-order valence-corrected chi connectivity index (χ0v) is 10.6. The van der Waals surface area contributed by atoms with Gasteiger partial charge >= 0.3 is 0 Å². The van der Waals surface area contributed by atoms with Gasteiger partial charge in [-0.1, -0.05) is 0 Å². The minimum atomic E-state index is -0.0805. The largest absolute Gasteiger partial charge is 0.508 e. The van der Waals surface area contributed by atoms with Crippen LogP contribution in [0.1, 0.15) is 0 Å². The first kappa shape index (κ1) is 12.9. The molecule has 0 radical (unpaired) electrons. The average molecular weight is 262 g/mol. The summed E-state index contributed by atoms with van der Waals surface area (Å²) in [5, 5.41) is 19.0. The molecule has 0 saturated heterocycles. The van der Waals surface area contributed by atoms with Gasteiger partial charge in [0.1, 0.15) is 17.2 Å². The van der Waals surface area contributed by atoms with Gasteiger partial charge in [0, 0.05) is 12.1 Å². The number of ether oxygens (including phenoxy) is 3. The summed E-state index contributed by atoms with van der Waals surface area (Å²) >= 11 is 0. The van der Waals surface area contributed by atoms with Gasteiger partial charge in [-0.2, -0.15) is 0 Å². The second-order valence-electron chi connectivity index (χ2n) is 3.77. The fourth-order valence-electron chi connectivity index (χ4n) is 1.58.